The molecule has 0 aliphatic rings. The number of carbonyl (C=O) groups is 1. The minimum absolute atomic E-state index is 0.330. The molecule has 0 bridgehead atoms. The van der Waals surface area contributed by atoms with Crippen LogP contribution in [0.2, 0.25) is 0 Å². The Bertz CT molecular complexity index is 973. The largest absolute Gasteiger partial charge is 0.461 e. The predicted molar refractivity (Wildman–Crippen MR) is 103 cm³/mol. The summed E-state index contributed by atoms with van der Waals surface area (Å²) in [4.78, 5) is 16.9. The van der Waals surface area contributed by atoms with E-state index in [9.17, 15) is 4.79 Å². The van der Waals surface area contributed by atoms with Crippen molar-refractivity contribution in [1.82, 2.24) is 14.6 Å². The minimum Gasteiger partial charge on any atom is -0.461 e. The fourth-order valence-electron chi connectivity index (χ4n) is 3.34. The zero-order valence-electron chi connectivity index (χ0n) is 16.1. The van der Waals surface area contributed by atoms with E-state index in [-0.39, 0.29) is 0 Å². The van der Waals surface area contributed by atoms with Crippen LogP contribution in [0.5, 0.6) is 0 Å². The summed E-state index contributed by atoms with van der Waals surface area (Å²) < 4.78 is 7.04. The number of fused-ring (bicyclic) bond motifs is 1. The third kappa shape index (κ3) is 3.21. The summed E-state index contributed by atoms with van der Waals surface area (Å²) in [6.07, 6.45) is 1.78. The highest BCUT2D eigenvalue weighted by Gasteiger charge is 2.20. The number of hydrogen-bond donors (Lipinski definition) is 0. The summed E-state index contributed by atoms with van der Waals surface area (Å²) in [6, 6.07) is 8.15. The molecular formula is C21H25N3O2. The van der Waals surface area contributed by atoms with E-state index in [0.29, 0.717) is 17.9 Å². The molecule has 5 nitrogen and oxygen atoms in total. The van der Waals surface area contributed by atoms with Crippen molar-refractivity contribution >= 4 is 11.6 Å². The lowest BCUT2D eigenvalue weighted by molar-refractivity contribution is 0.0519. The molecule has 26 heavy (non-hydrogen) atoms. The minimum atomic E-state index is -0.391. The molecule has 0 atom stereocenters. The molecule has 0 amide bonds. The zero-order chi connectivity index (χ0) is 18.8. The third-order valence-electron chi connectivity index (χ3n) is 4.48. The monoisotopic (exact) mass is 351 g/mol. The molecule has 0 aliphatic heterocycles. The van der Waals surface area contributed by atoms with Gasteiger partial charge in [0.1, 0.15) is 0 Å². The number of aryl methyl sites for hydroxylation is 4. The Balaban J connectivity index is 2.29. The lowest BCUT2D eigenvalue weighted by atomic mass is 9.99. The van der Waals surface area contributed by atoms with Crippen LogP contribution in [0.4, 0.5) is 0 Å². The van der Waals surface area contributed by atoms with Crippen LogP contribution in [0, 0.1) is 20.8 Å². The van der Waals surface area contributed by atoms with E-state index in [1.165, 1.54) is 11.1 Å². The van der Waals surface area contributed by atoms with Gasteiger partial charge >= 0.3 is 5.97 Å². The summed E-state index contributed by atoms with van der Waals surface area (Å²) in [5, 5.41) is 4.72. The molecule has 0 fully saturated rings. The van der Waals surface area contributed by atoms with Gasteiger partial charge in [-0.2, -0.15) is 5.10 Å². The molecule has 0 N–H and O–H groups in total. The number of nitrogens with zero attached hydrogens (tertiary/aromatic N) is 3. The first-order valence-corrected chi connectivity index (χ1v) is 9.10. The standard InChI is InChI=1S/C21H25N3O2/c1-6-8-16-12-18(21(25)26-7-2)22-20-19(15(5)23-24(16)20)17-10-9-13(3)11-14(17)4/h9-12H,6-8H2,1-5H3. The van der Waals surface area contributed by atoms with Crippen molar-refractivity contribution in [3.05, 3.63) is 52.5 Å². The van der Waals surface area contributed by atoms with E-state index in [4.69, 9.17) is 9.84 Å². The van der Waals surface area contributed by atoms with Crippen LogP contribution in [-0.4, -0.2) is 27.2 Å². The van der Waals surface area contributed by atoms with Crippen LogP contribution in [0.1, 0.15) is 53.3 Å². The van der Waals surface area contributed by atoms with Crippen LogP contribution in [-0.2, 0) is 11.2 Å². The number of benzene rings is 1. The fourth-order valence-corrected chi connectivity index (χ4v) is 3.34. The number of hydrogen-bond acceptors (Lipinski definition) is 4. The zero-order valence-corrected chi connectivity index (χ0v) is 16.1. The number of ether oxygens (including phenoxy) is 1. The lowest BCUT2D eigenvalue weighted by Crippen LogP contribution is -2.11. The molecule has 5 heteroatoms. The van der Waals surface area contributed by atoms with Gasteiger partial charge < -0.3 is 4.74 Å². The maximum absolute atomic E-state index is 12.3. The Labute approximate surface area is 154 Å². The van der Waals surface area contributed by atoms with E-state index in [1.54, 1.807) is 13.0 Å². The van der Waals surface area contributed by atoms with Gasteiger partial charge in [-0.3, -0.25) is 0 Å². The summed E-state index contributed by atoms with van der Waals surface area (Å²) in [5.41, 5.74) is 7.39. The first kappa shape index (κ1) is 18.1. The van der Waals surface area contributed by atoms with Crippen molar-refractivity contribution in [2.75, 3.05) is 6.61 Å². The van der Waals surface area contributed by atoms with Crippen LogP contribution < -0.4 is 0 Å². The lowest BCUT2D eigenvalue weighted by Gasteiger charge is -2.09. The van der Waals surface area contributed by atoms with Gasteiger partial charge in [0.05, 0.1) is 12.3 Å². The molecule has 3 aromatic rings. The highest BCUT2D eigenvalue weighted by molar-refractivity contribution is 5.90. The van der Waals surface area contributed by atoms with Gasteiger partial charge in [0.25, 0.3) is 0 Å². The second kappa shape index (κ2) is 7.28. The van der Waals surface area contributed by atoms with Crippen molar-refractivity contribution in [1.29, 1.82) is 0 Å². The van der Waals surface area contributed by atoms with Crippen molar-refractivity contribution in [3.63, 3.8) is 0 Å². The normalized spacial score (nSPS) is 11.1. The molecular weight excluding hydrogens is 326 g/mol. The smallest absolute Gasteiger partial charge is 0.357 e. The molecule has 0 unspecified atom stereocenters. The molecule has 3 rings (SSSR count). The van der Waals surface area contributed by atoms with Gasteiger partial charge in [0.15, 0.2) is 11.3 Å². The molecule has 0 spiro atoms. The van der Waals surface area contributed by atoms with E-state index in [2.05, 4.69) is 44.0 Å². The van der Waals surface area contributed by atoms with Crippen LogP contribution in [0.15, 0.2) is 24.3 Å². The third-order valence-corrected chi connectivity index (χ3v) is 4.48. The van der Waals surface area contributed by atoms with E-state index < -0.39 is 5.97 Å². The van der Waals surface area contributed by atoms with Crippen molar-refractivity contribution in [2.45, 2.75) is 47.5 Å². The summed E-state index contributed by atoms with van der Waals surface area (Å²) in [6.45, 7) is 10.4. The molecule has 0 radical (unpaired) electrons. The van der Waals surface area contributed by atoms with E-state index >= 15 is 0 Å². The second-order valence-electron chi connectivity index (χ2n) is 6.62. The van der Waals surface area contributed by atoms with Gasteiger partial charge in [-0.15, -0.1) is 0 Å². The summed E-state index contributed by atoms with van der Waals surface area (Å²) in [7, 11) is 0. The van der Waals surface area contributed by atoms with Crippen molar-refractivity contribution in [3.8, 4) is 11.1 Å². The van der Waals surface area contributed by atoms with Crippen molar-refractivity contribution < 1.29 is 9.53 Å². The quantitative estimate of drug-likeness (QED) is 0.637. The highest BCUT2D eigenvalue weighted by atomic mass is 16.5. The highest BCUT2D eigenvalue weighted by Crippen LogP contribution is 2.31. The Morgan fingerprint density at radius 2 is 1.92 bits per heavy atom. The van der Waals surface area contributed by atoms with Gasteiger partial charge in [-0.1, -0.05) is 37.1 Å². The summed E-state index contributed by atoms with van der Waals surface area (Å²) >= 11 is 0. The predicted octanol–water partition coefficient (Wildman–Crippen LogP) is 4.45. The Morgan fingerprint density at radius 3 is 2.58 bits per heavy atom. The number of carbonyl (C=O) groups excluding carboxylic acids is 1. The SMILES string of the molecule is CCCc1cc(C(=O)OCC)nc2c(-c3ccc(C)cc3C)c(C)nn12. The maximum atomic E-state index is 12.3. The Morgan fingerprint density at radius 1 is 1.15 bits per heavy atom. The summed E-state index contributed by atoms with van der Waals surface area (Å²) in [5.74, 6) is -0.391. The molecule has 0 saturated carbocycles. The van der Waals surface area contributed by atoms with Gasteiger partial charge in [-0.05, 0) is 51.3 Å². The average molecular weight is 351 g/mol. The Hall–Kier alpha value is -2.69. The fraction of sp³-hybridized carbons (Fsp3) is 0.381. The van der Waals surface area contributed by atoms with Gasteiger partial charge in [0.2, 0.25) is 0 Å². The average Bonchev–Trinajstić information content (AvgIpc) is 2.92. The van der Waals surface area contributed by atoms with Gasteiger partial charge in [-0.25, -0.2) is 14.3 Å². The first-order chi connectivity index (χ1) is 12.5. The Kier molecular flexibility index (Phi) is 5.07. The molecule has 136 valence electrons. The van der Waals surface area contributed by atoms with Crippen LogP contribution in [0.25, 0.3) is 16.8 Å². The van der Waals surface area contributed by atoms with Crippen LogP contribution >= 0.6 is 0 Å². The molecule has 0 saturated heterocycles. The van der Waals surface area contributed by atoms with Crippen LogP contribution in [0.3, 0.4) is 0 Å². The van der Waals surface area contributed by atoms with E-state index in [0.717, 1.165) is 35.4 Å². The molecule has 1 aromatic carbocycles. The number of rotatable bonds is 5. The number of esters is 1. The number of aromatic nitrogens is 3. The molecule has 0 aliphatic carbocycles. The first-order valence-electron chi connectivity index (χ1n) is 9.10. The molecule has 2 heterocycles. The maximum Gasteiger partial charge on any atom is 0.357 e. The molecule has 2 aromatic heterocycles. The van der Waals surface area contributed by atoms with Crippen molar-refractivity contribution in [2.24, 2.45) is 0 Å². The topological polar surface area (TPSA) is 56.5 Å². The van der Waals surface area contributed by atoms with E-state index in [1.807, 2.05) is 11.4 Å². The van der Waals surface area contributed by atoms with Gasteiger partial charge in [0, 0.05) is 11.3 Å². The second-order valence-corrected chi connectivity index (χ2v) is 6.62.